The summed E-state index contributed by atoms with van der Waals surface area (Å²) in [5, 5.41) is 7.60. The van der Waals surface area contributed by atoms with Crippen molar-refractivity contribution in [2.75, 3.05) is 38.4 Å². The lowest BCUT2D eigenvalue weighted by atomic mass is 10.2. The second-order valence-corrected chi connectivity index (χ2v) is 5.86. The monoisotopic (exact) mass is 385 g/mol. The molecule has 0 saturated carbocycles. The van der Waals surface area contributed by atoms with Gasteiger partial charge in [0.25, 0.3) is 0 Å². The smallest absolute Gasteiger partial charge is 0.327 e. The minimum atomic E-state index is -0.981. The van der Waals surface area contributed by atoms with Crippen LogP contribution in [0.25, 0.3) is 0 Å². The van der Waals surface area contributed by atoms with Gasteiger partial charge in [0.1, 0.15) is 25.0 Å². The number of ether oxygens (including phenoxy) is 3. The summed E-state index contributed by atoms with van der Waals surface area (Å²) in [5.41, 5.74) is 5.68. The Bertz CT molecular complexity index is 512. The number of hydrogen-bond donors (Lipinski definition) is 2. The molecule has 1 aromatic rings. The summed E-state index contributed by atoms with van der Waals surface area (Å²) in [6, 6.07) is 8.99. The number of carboxylic acids is 1. The van der Waals surface area contributed by atoms with Crippen molar-refractivity contribution in [3.63, 3.8) is 0 Å². The van der Waals surface area contributed by atoms with Crippen LogP contribution in [0.4, 0.5) is 0 Å². The van der Waals surface area contributed by atoms with Crippen LogP contribution in [-0.4, -0.2) is 61.5 Å². The molecule has 0 aliphatic rings. The van der Waals surface area contributed by atoms with E-state index in [2.05, 4.69) is 6.58 Å². The molecule has 7 nitrogen and oxygen atoms in total. The van der Waals surface area contributed by atoms with E-state index in [1.54, 1.807) is 11.8 Å². The summed E-state index contributed by atoms with van der Waals surface area (Å²) in [5.74, 6) is 0.314. The Hall–Kier alpha value is -2.03. The summed E-state index contributed by atoms with van der Waals surface area (Å²) in [4.78, 5) is 20.7. The summed E-state index contributed by atoms with van der Waals surface area (Å²) < 4.78 is 15.8. The predicted molar refractivity (Wildman–Crippen MR) is 103 cm³/mol. The molecule has 0 aliphatic heterocycles. The highest BCUT2D eigenvalue weighted by Gasteiger charge is 2.13. The molecule has 0 heterocycles. The predicted octanol–water partition coefficient (Wildman–Crippen LogP) is 1.96. The zero-order valence-corrected chi connectivity index (χ0v) is 15.8. The molecule has 3 N–H and O–H groups in total. The van der Waals surface area contributed by atoms with Crippen molar-refractivity contribution in [3.05, 3.63) is 43.0 Å². The van der Waals surface area contributed by atoms with Gasteiger partial charge in [0.05, 0.1) is 13.2 Å². The van der Waals surface area contributed by atoms with Gasteiger partial charge >= 0.3 is 11.9 Å². The topological polar surface area (TPSA) is 108 Å². The van der Waals surface area contributed by atoms with E-state index in [0.717, 1.165) is 17.6 Å². The lowest BCUT2D eigenvalue weighted by molar-refractivity contribution is -0.146. The van der Waals surface area contributed by atoms with Crippen molar-refractivity contribution < 1.29 is 28.9 Å². The zero-order chi connectivity index (χ0) is 19.6. The Morgan fingerprint density at radius 3 is 2.42 bits per heavy atom. The third-order valence-electron chi connectivity index (χ3n) is 2.82. The van der Waals surface area contributed by atoms with Crippen molar-refractivity contribution >= 4 is 23.7 Å². The molecule has 0 fully saturated rings. The van der Waals surface area contributed by atoms with Gasteiger partial charge in [0.2, 0.25) is 0 Å². The van der Waals surface area contributed by atoms with Crippen LogP contribution >= 0.6 is 11.8 Å². The number of esters is 1. The highest BCUT2D eigenvalue weighted by atomic mass is 32.2. The molecule has 1 atom stereocenters. The van der Waals surface area contributed by atoms with E-state index in [9.17, 15) is 9.59 Å². The maximum Gasteiger partial charge on any atom is 0.327 e. The zero-order valence-electron chi connectivity index (χ0n) is 15.0. The van der Waals surface area contributed by atoms with Crippen molar-refractivity contribution in [3.8, 4) is 5.75 Å². The number of benzene rings is 1. The lowest BCUT2D eigenvalue weighted by Gasteiger charge is -2.11. The molecule has 0 saturated heterocycles. The lowest BCUT2D eigenvalue weighted by Crippen LogP contribution is -2.33. The van der Waals surface area contributed by atoms with Gasteiger partial charge in [0, 0.05) is 6.08 Å². The number of nitrogens with two attached hydrogens (primary N) is 1. The second kappa shape index (κ2) is 16.4. The van der Waals surface area contributed by atoms with Crippen LogP contribution in [0, 0.1) is 0 Å². The Labute approximate surface area is 158 Å². The van der Waals surface area contributed by atoms with E-state index in [-0.39, 0.29) is 12.6 Å². The third kappa shape index (κ3) is 14.3. The van der Waals surface area contributed by atoms with E-state index >= 15 is 0 Å². The first-order valence-corrected chi connectivity index (χ1v) is 9.42. The molecule has 0 amide bonds. The normalized spacial score (nSPS) is 10.8. The average Bonchev–Trinajstić information content (AvgIpc) is 2.66. The molecule has 1 aromatic carbocycles. The molecule has 26 heavy (non-hydrogen) atoms. The van der Waals surface area contributed by atoms with Gasteiger partial charge in [-0.05, 0) is 30.6 Å². The first-order chi connectivity index (χ1) is 12.5. The fourth-order valence-corrected chi connectivity index (χ4v) is 2.00. The molecule has 0 bridgehead atoms. The fourth-order valence-electron chi connectivity index (χ4n) is 1.51. The molecule has 146 valence electrons. The minimum Gasteiger partial charge on any atom is -0.491 e. The molecule has 0 spiro atoms. The second-order valence-electron chi connectivity index (χ2n) is 4.87. The average molecular weight is 385 g/mol. The van der Waals surface area contributed by atoms with Gasteiger partial charge in [0.15, 0.2) is 0 Å². The highest BCUT2D eigenvalue weighted by molar-refractivity contribution is 7.98. The van der Waals surface area contributed by atoms with Crippen LogP contribution in [0.3, 0.4) is 0 Å². The largest absolute Gasteiger partial charge is 0.491 e. The van der Waals surface area contributed by atoms with Gasteiger partial charge in [-0.3, -0.25) is 4.79 Å². The van der Waals surface area contributed by atoms with Crippen molar-refractivity contribution in [1.29, 1.82) is 0 Å². The number of aliphatic carboxylic acids is 1. The number of carbonyl (C=O) groups is 2. The molecule has 0 unspecified atom stereocenters. The highest BCUT2D eigenvalue weighted by Crippen LogP contribution is 2.07. The van der Waals surface area contributed by atoms with E-state index in [1.165, 1.54) is 0 Å². The summed E-state index contributed by atoms with van der Waals surface area (Å²) in [7, 11) is 0. The van der Waals surface area contributed by atoms with E-state index in [1.807, 2.05) is 36.6 Å². The Kier molecular flexibility index (Phi) is 15.2. The molecular weight excluding hydrogens is 358 g/mol. The number of para-hydroxylation sites is 1. The standard InChI is InChI=1S/C15H23NO4S.C3H4O2/c1-21-12-7-14(16)15(17)20-11-9-18-8-10-19-13-5-3-2-4-6-13;1-2-3(4)5/h2-6,14H,7-12,16H2,1H3;2H,1H2,(H,4,5)/t14-;/m0./s1. The Morgan fingerprint density at radius 1 is 1.23 bits per heavy atom. The maximum absolute atomic E-state index is 11.5. The minimum absolute atomic E-state index is 0.219. The third-order valence-corrected chi connectivity index (χ3v) is 3.47. The summed E-state index contributed by atoms with van der Waals surface area (Å²) in [6.45, 7) is 4.44. The summed E-state index contributed by atoms with van der Waals surface area (Å²) >= 11 is 1.66. The Morgan fingerprint density at radius 2 is 1.85 bits per heavy atom. The molecule has 0 radical (unpaired) electrons. The van der Waals surface area contributed by atoms with Gasteiger partial charge in [-0.15, -0.1) is 0 Å². The van der Waals surface area contributed by atoms with Crippen LogP contribution in [0.2, 0.25) is 0 Å². The molecule has 0 aromatic heterocycles. The number of carbonyl (C=O) groups excluding carboxylic acids is 1. The van der Waals surface area contributed by atoms with E-state index < -0.39 is 12.0 Å². The van der Waals surface area contributed by atoms with Crippen molar-refractivity contribution in [2.45, 2.75) is 12.5 Å². The fraction of sp³-hybridized carbons (Fsp3) is 0.444. The van der Waals surface area contributed by atoms with Gasteiger partial charge in [-0.2, -0.15) is 11.8 Å². The van der Waals surface area contributed by atoms with Gasteiger partial charge < -0.3 is 25.1 Å². The molecule has 8 heteroatoms. The van der Waals surface area contributed by atoms with Crippen LogP contribution in [0.15, 0.2) is 43.0 Å². The van der Waals surface area contributed by atoms with Crippen LogP contribution in [-0.2, 0) is 19.1 Å². The first-order valence-electron chi connectivity index (χ1n) is 8.03. The Balaban J connectivity index is 0.00000110. The molecule has 1 rings (SSSR count). The van der Waals surface area contributed by atoms with Crippen LogP contribution in [0.1, 0.15) is 6.42 Å². The summed E-state index contributed by atoms with van der Waals surface area (Å²) in [6.07, 6.45) is 3.44. The molecule has 0 aliphatic carbocycles. The quantitative estimate of drug-likeness (QED) is 0.319. The molecular formula is C18H27NO6S. The maximum atomic E-state index is 11.5. The first kappa shape index (κ1) is 24.0. The number of carboxylic acid groups (broad SMARTS) is 1. The van der Waals surface area contributed by atoms with Crippen molar-refractivity contribution in [1.82, 2.24) is 0 Å². The number of rotatable bonds is 12. The van der Waals surface area contributed by atoms with Gasteiger partial charge in [-0.25, -0.2) is 4.79 Å². The van der Waals surface area contributed by atoms with Crippen molar-refractivity contribution in [2.24, 2.45) is 5.73 Å². The number of thioether (sulfide) groups is 1. The van der Waals surface area contributed by atoms with E-state index in [4.69, 9.17) is 25.1 Å². The number of hydrogen-bond acceptors (Lipinski definition) is 7. The van der Waals surface area contributed by atoms with Crippen LogP contribution < -0.4 is 10.5 Å². The van der Waals surface area contributed by atoms with Gasteiger partial charge in [-0.1, -0.05) is 24.8 Å². The SMILES string of the molecule is C=CC(=O)O.CSCC[C@H](N)C(=O)OCCOCCOc1ccccc1. The van der Waals surface area contributed by atoms with Crippen LogP contribution in [0.5, 0.6) is 5.75 Å². The van der Waals surface area contributed by atoms with E-state index in [0.29, 0.717) is 26.2 Å².